The van der Waals surface area contributed by atoms with E-state index in [2.05, 4.69) is 0 Å². The van der Waals surface area contributed by atoms with Crippen molar-refractivity contribution in [3.8, 4) is 5.75 Å². The van der Waals surface area contributed by atoms with Crippen LogP contribution >= 0.6 is 12.4 Å². The summed E-state index contributed by atoms with van der Waals surface area (Å²) in [6, 6.07) is 4.87. The van der Waals surface area contributed by atoms with E-state index in [0.717, 1.165) is 12.8 Å². The first-order valence-corrected chi connectivity index (χ1v) is 6.79. The predicted molar refractivity (Wildman–Crippen MR) is 81.0 cm³/mol. The van der Waals surface area contributed by atoms with E-state index in [1.54, 1.807) is 18.2 Å². The third kappa shape index (κ3) is 2.71. The van der Waals surface area contributed by atoms with Crippen molar-refractivity contribution in [2.45, 2.75) is 18.9 Å². The van der Waals surface area contributed by atoms with Crippen molar-refractivity contribution in [2.75, 3.05) is 13.2 Å². The summed E-state index contributed by atoms with van der Waals surface area (Å²) in [6.45, 7) is -0.0129. The van der Waals surface area contributed by atoms with Crippen molar-refractivity contribution in [1.82, 2.24) is 4.90 Å². The SMILES string of the molecule is Cl.NCC(=CF)COc1cccc2c1C(=O)N(C1CC1)C2=O. The molecule has 22 heavy (non-hydrogen) atoms. The lowest BCUT2D eigenvalue weighted by molar-refractivity contribution is 0.0641. The normalized spacial score (nSPS) is 17.4. The molecular formula is C15H16ClFN2O3. The van der Waals surface area contributed by atoms with E-state index in [1.807, 2.05) is 0 Å². The first kappa shape index (κ1) is 16.5. The largest absolute Gasteiger partial charge is 0.488 e. The van der Waals surface area contributed by atoms with Gasteiger partial charge in [-0.3, -0.25) is 14.5 Å². The minimum atomic E-state index is -0.327. The summed E-state index contributed by atoms with van der Waals surface area (Å²) in [6.07, 6.45) is 2.10. The fourth-order valence-electron chi connectivity index (χ4n) is 2.36. The number of rotatable bonds is 5. The molecule has 7 heteroatoms. The number of halogens is 2. The summed E-state index contributed by atoms with van der Waals surface area (Å²) in [5.74, 6) is -0.309. The van der Waals surface area contributed by atoms with E-state index in [4.69, 9.17) is 10.5 Å². The highest BCUT2D eigenvalue weighted by molar-refractivity contribution is 6.23. The Hall–Kier alpha value is -1.92. The molecule has 2 N–H and O–H groups in total. The quantitative estimate of drug-likeness (QED) is 0.841. The fraction of sp³-hybridized carbons (Fsp3) is 0.333. The monoisotopic (exact) mass is 326 g/mol. The maximum Gasteiger partial charge on any atom is 0.265 e. The summed E-state index contributed by atoms with van der Waals surface area (Å²) in [7, 11) is 0. The van der Waals surface area contributed by atoms with Gasteiger partial charge in [-0.2, -0.15) is 0 Å². The minimum absolute atomic E-state index is 0. The number of fused-ring (bicyclic) bond motifs is 1. The molecule has 1 aromatic rings. The van der Waals surface area contributed by atoms with Crippen LogP contribution in [0.25, 0.3) is 0 Å². The highest BCUT2D eigenvalue weighted by Crippen LogP contribution is 2.38. The smallest absolute Gasteiger partial charge is 0.265 e. The van der Waals surface area contributed by atoms with Crippen LogP contribution in [0.15, 0.2) is 30.1 Å². The molecule has 0 aromatic heterocycles. The van der Waals surface area contributed by atoms with Crippen LogP contribution < -0.4 is 10.5 Å². The van der Waals surface area contributed by atoms with Crippen LogP contribution in [0.5, 0.6) is 5.75 Å². The Morgan fingerprint density at radius 1 is 1.36 bits per heavy atom. The average molecular weight is 327 g/mol. The van der Waals surface area contributed by atoms with Crippen molar-refractivity contribution in [3.63, 3.8) is 0 Å². The number of hydrogen-bond donors (Lipinski definition) is 1. The van der Waals surface area contributed by atoms with Gasteiger partial charge < -0.3 is 10.5 Å². The second-order valence-electron chi connectivity index (χ2n) is 5.15. The van der Waals surface area contributed by atoms with E-state index in [0.29, 0.717) is 17.6 Å². The number of amides is 2. The van der Waals surface area contributed by atoms with E-state index < -0.39 is 0 Å². The topological polar surface area (TPSA) is 72.6 Å². The molecule has 0 bridgehead atoms. The van der Waals surface area contributed by atoms with Crippen molar-refractivity contribution >= 4 is 24.2 Å². The molecule has 1 saturated carbocycles. The molecule has 0 radical (unpaired) electrons. The third-order valence-electron chi connectivity index (χ3n) is 3.65. The lowest BCUT2D eigenvalue weighted by atomic mass is 10.1. The molecular weight excluding hydrogens is 311 g/mol. The van der Waals surface area contributed by atoms with Gasteiger partial charge in [-0.25, -0.2) is 4.39 Å². The Morgan fingerprint density at radius 2 is 2.09 bits per heavy atom. The second-order valence-corrected chi connectivity index (χ2v) is 5.15. The van der Waals surface area contributed by atoms with E-state index in [9.17, 15) is 14.0 Å². The third-order valence-corrected chi connectivity index (χ3v) is 3.65. The summed E-state index contributed by atoms with van der Waals surface area (Å²) in [5, 5.41) is 0. The summed E-state index contributed by atoms with van der Waals surface area (Å²) in [5.41, 5.74) is 6.26. The van der Waals surface area contributed by atoms with Gasteiger partial charge in [-0.1, -0.05) is 6.07 Å². The zero-order chi connectivity index (χ0) is 15.0. The Morgan fingerprint density at radius 3 is 2.68 bits per heavy atom. The molecule has 0 unspecified atom stereocenters. The summed E-state index contributed by atoms with van der Waals surface area (Å²) >= 11 is 0. The summed E-state index contributed by atoms with van der Waals surface area (Å²) in [4.78, 5) is 26.0. The molecule has 0 saturated heterocycles. The standard InChI is InChI=1S/C15H15FN2O3.ClH/c16-6-9(7-17)8-21-12-3-1-2-11-13(12)15(20)18(14(11)19)10-4-5-10;/h1-3,6,10H,4-5,7-8,17H2;1H. The van der Waals surface area contributed by atoms with Crippen LogP contribution in [0.1, 0.15) is 33.6 Å². The first-order chi connectivity index (χ1) is 10.2. The van der Waals surface area contributed by atoms with Gasteiger partial charge >= 0.3 is 0 Å². The molecule has 1 fully saturated rings. The number of nitrogens with two attached hydrogens (primary N) is 1. The number of nitrogens with zero attached hydrogens (tertiary/aromatic N) is 1. The highest BCUT2D eigenvalue weighted by Gasteiger charge is 2.45. The zero-order valence-corrected chi connectivity index (χ0v) is 12.6. The van der Waals surface area contributed by atoms with Gasteiger partial charge in [-0.15, -0.1) is 12.4 Å². The van der Waals surface area contributed by atoms with Crippen molar-refractivity contribution in [2.24, 2.45) is 5.73 Å². The lowest BCUT2D eigenvalue weighted by Crippen LogP contribution is -2.31. The molecule has 2 amide bonds. The van der Waals surface area contributed by atoms with Crippen LogP contribution in [-0.4, -0.2) is 35.9 Å². The maximum atomic E-state index is 12.5. The number of carbonyl (C=O) groups is 2. The van der Waals surface area contributed by atoms with Gasteiger partial charge in [0.05, 0.1) is 17.5 Å². The van der Waals surface area contributed by atoms with Gasteiger partial charge in [0.15, 0.2) is 0 Å². The summed E-state index contributed by atoms with van der Waals surface area (Å²) < 4.78 is 18.0. The molecule has 1 aliphatic heterocycles. The Labute approximate surface area is 133 Å². The average Bonchev–Trinajstić information content (AvgIpc) is 3.29. The van der Waals surface area contributed by atoms with Crippen molar-refractivity contribution < 1.29 is 18.7 Å². The molecule has 3 rings (SSSR count). The molecule has 1 heterocycles. The maximum absolute atomic E-state index is 12.5. The number of carbonyl (C=O) groups excluding carboxylic acids is 2. The number of benzene rings is 1. The van der Waals surface area contributed by atoms with Gasteiger partial charge in [0.25, 0.3) is 11.8 Å². The Kier molecular flexibility index (Phi) is 4.83. The van der Waals surface area contributed by atoms with Crippen molar-refractivity contribution in [3.05, 3.63) is 41.2 Å². The van der Waals surface area contributed by atoms with E-state index in [1.165, 1.54) is 4.90 Å². The van der Waals surface area contributed by atoms with Crippen LogP contribution in [0.2, 0.25) is 0 Å². The molecule has 5 nitrogen and oxygen atoms in total. The van der Waals surface area contributed by atoms with Crippen LogP contribution in [-0.2, 0) is 0 Å². The minimum Gasteiger partial charge on any atom is -0.488 e. The van der Waals surface area contributed by atoms with Crippen LogP contribution in [0.4, 0.5) is 4.39 Å². The molecule has 2 aliphatic rings. The predicted octanol–water partition coefficient (Wildman–Crippen LogP) is 2.06. The van der Waals surface area contributed by atoms with Crippen LogP contribution in [0.3, 0.4) is 0 Å². The van der Waals surface area contributed by atoms with Gasteiger partial charge in [0.1, 0.15) is 12.4 Å². The molecule has 0 atom stereocenters. The first-order valence-electron chi connectivity index (χ1n) is 6.79. The van der Waals surface area contributed by atoms with Gasteiger partial charge in [0.2, 0.25) is 0 Å². The molecule has 1 aliphatic carbocycles. The molecule has 1 aromatic carbocycles. The number of ether oxygens (including phenoxy) is 1. The highest BCUT2D eigenvalue weighted by atomic mass is 35.5. The van der Waals surface area contributed by atoms with Gasteiger partial charge in [-0.05, 0) is 25.0 Å². The lowest BCUT2D eigenvalue weighted by Gasteiger charge is -2.12. The van der Waals surface area contributed by atoms with E-state index >= 15 is 0 Å². The van der Waals surface area contributed by atoms with Crippen LogP contribution in [0, 0.1) is 0 Å². The van der Waals surface area contributed by atoms with Crippen molar-refractivity contribution in [1.29, 1.82) is 0 Å². The van der Waals surface area contributed by atoms with E-state index in [-0.39, 0.29) is 54.6 Å². The molecule has 0 spiro atoms. The Bertz CT molecular complexity index is 644. The Balaban J connectivity index is 0.00000176. The zero-order valence-electron chi connectivity index (χ0n) is 11.8. The molecule has 118 valence electrons. The fourth-order valence-corrected chi connectivity index (χ4v) is 2.36. The number of imide groups is 1. The number of hydrogen-bond acceptors (Lipinski definition) is 4. The second kappa shape index (κ2) is 6.46. The van der Waals surface area contributed by atoms with Gasteiger partial charge in [0, 0.05) is 18.2 Å².